The molecule has 0 radical (unpaired) electrons. The van der Waals surface area contributed by atoms with Crippen LogP contribution in [0, 0.1) is 5.82 Å². The maximum absolute atomic E-state index is 14.0. The average Bonchev–Trinajstić information content (AvgIpc) is 2.82. The molecule has 106 valence electrons. The van der Waals surface area contributed by atoms with Gasteiger partial charge < -0.3 is 5.11 Å². The van der Waals surface area contributed by atoms with Crippen LogP contribution >= 0.6 is 23.4 Å². The zero-order valence-corrected chi connectivity index (χ0v) is 12.1. The summed E-state index contributed by atoms with van der Waals surface area (Å²) in [7, 11) is 0. The van der Waals surface area contributed by atoms with Crippen LogP contribution in [0.15, 0.2) is 23.4 Å². The molecule has 2 rings (SSSR count). The van der Waals surface area contributed by atoms with E-state index in [-0.39, 0.29) is 11.4 Å². The number of hydrogen-bond acceptors (Lipinski definition) is 4. The molecule has 0 amide bonds. The van der Waals surface area contributed by atoms with Gasteiger partial charge in [-0.15, -0.1) is 10.2 Å². The molecule has 0 saturated heterocycles. The smallest absolute Gasteiger partial charge is 0.313 e. The number of nitrogens with zero attached hydrogens (tertiary/aromatic N) is 3. The standard InChI is InChI=1S/C12H11ClFN3O2S/c1-2-10-15-16-12(20-6-11(18)19)17(10)9-5-7(13)3-4-8(9)14/h3-5H,2,6H2,1H3,(H,18,19). The van der Waals surface area contributed by atoms with E-state index in [1.165, 1.54) is 22.8 Å². The molecule has 0 aliphatic heterocycles. The summed E-state index contributed by atoms with van der Waals surface area (Å²) in [4.78, 5) is 10.6. The van der Waals surface area contributed by atoms with Crippen LogP contribution in [-0.2, 0) is 11.2 Å². The molecule has 0 unspecified atom stereocenters. The lowest BCUT2D eigenvalue weighted by Crippen LogP contribution is -2.06. The van der Waals surface area contributed by atoms with E-state index in [2.05, 4.69) is 10.2 Å². The topological polar surface area (TPSA) is 68.0 Å². The van der Waals surface area contributed by atoms with Gasteiger partial charge in [0.1, 0.15) is 11.6 Å². The lowest BCUT2D eigenvalue weighted by molar-refractivity contribution is -0.133. The number of aliphatic carboxylic acids is 1. The van der Waals surface area contributed by atoms with E-state index >= 15 is 0 Å². The normalized spacial score (nSPS) is 10.8. The van der Waals surface area contributed by atoms with Gasteiger partial charge in [0.05, 0.1) is 11.4 Å². The van der Waals surface area contributed by atoms with E-state index in [1.807, 2.05) is 6.92 Å². The number of aryl methyl sites for hydroxylation is 1. The highest BCUT2D eigenvalue weighted by atomic mass is 35.5. The van der Waals surface area contributed by atoms with Crippen molar-refractivity contribution in [3.63, 3.8) is 0 Å². The second-order valence-corrected chi connectivity index (χ2v) is 5.24. The number of aromatic nitrogens is 3. The Bertz CT molecular complexity index is 648. The molecule has 1 N–H and O–H groups in total. The first-order valence-corrected chi connectivity index (χ1v) is 7.13. The predicted molar refractivity (Wildman–Crippen MR) is 74.1 cm³/mol. The van der Waals surface area contributed by atoms with Crippen LogP contribution in [0.1, 0.15) is 12.7 Å². The van der Waals surface area contributed by atoms with Crippen LogP contribution in [0.5, 0.6) is 0 Å². The van der Waals surface area contributed by atoms with Crippen LogP contribution in [0.4, 0.5) is 4.39 Å². The Balaban J connectivity index is 2.50. The largest absolute Gasteiger partial charge is 0.481 e. The van der Waals surface area contributed by atoms with Gasteiger partial charge in [-0.1, -0.05) is 30.3 Å². The van der Waals surface area contributed by atoms with Gasteiger partial charge in [-0.2, -0.15) is 0 Å². The van der Waals surface area contributed by atoms with E-state index < -0.39 is 11.8 Å². The molecule has 0 spiro atoms. The third-order valence-corrected chi connectivity index (χ3v) is 3.64. The molecule has 5 nitrogen and oxygen atoms in total. The van der Waals surface area contributed by atoms with E-state index in [0.717, 1.165) is 11.8 Å². The van der Waals surface area contributed by atoms with Crippen LogP contribution < -0.4 is 0 Å². The number of carboxylic acids is 1. The van der Waals surface area contributed by atoms with Crippen LogP contribution in [0.3, 0.4) is 0 Å². The predicted octanol–water partition coefficient (Wildman–Crippen LogP) is 2.80. The third kappa shape index (κ3) is 3.10. The minimum atomic E-state index is -0.978. The Labute approximate surface area is 123 Å². The molecular formula is C12H11ClFN3O2S. The monoisotopic (exact) mass is 315 g/mol. The summed E-state index contributed by atoms with van der Waals surface area (Å²) in [6.45, 7) is 1.86. The van der Waals surface area contributed by atoms with E-state index in [4.69, 9.17) is 16.7 Å². The first-order valence-electron chi connectivity index (χ1n) is 5.77. The summed E-state index contributed by atoms with van der Waals surface area (Å²) >= 11 is 6.87. The van der Waals surface area contributed by atoms with Crippen molar-refractivity contribution >= 4 is 29.3 Å². The van der Waals surface area contributed by atoms with Gasteiger partial charge in [-0.05, 0) is 18.2 Å². The number of benzene rings is 1. The highest BCUT2D eigenvalue weighted by Gasteiger charge is 2.17. The molecule has 1 aromatic carbocycles. The maximum atomic E-state index is 14.0. The molecule has 1 heterocycles. The van der Waals surface area contributed by atoms with Crippen molar-refractivity contribution < 1.29 is 14.3 Å². The second-order valence-electron chi connectivity index (χ2n) is 3.87. The minimum Gasteiger partial charge on any atom is -0.481 e. The molecule has 0 saturated carbocycles. The third-order valence-electron chi connectivity index (χ3n) is 2.49. The Morgan fingerprint density at radius 3 is 2.90 bits per heavy atom. The highest BCUT2D eigenvalue weighted by Crippen LogP contribution is 2.26. The van der Waals surface area contributed by atoms with Gasteiger partial charge in [0, 0.05) is 11.4 Å². The number of thioether (sulfide) groups is 1. The highest BCUT2D eigenvalue weighted by molar-refractivity contribution is 7.99. The lowest BCUT2D eigenvalue weighted by Gasteiger charge is -2.10. The van der Waals surface area contributed by atoms with Crippen LogP contribution in [-0.4, -0.2) is 31.6 Å². The number of carboxylic acid groups (broad SMARTS) is 1. The fourth-order valence-electron chi connectivity index (χ4n) is 1.65. The SMILES string of the molecule is CCc1nnc(SCC(=O)O)n1-c1cc(Cl)ccc1F. The van der Waals surface area contributed by atoms with Gasteiger partial charge >= 0.3 is 5.97 Å². The van der Waals surface area contributed by atoms with E-state index in [1.54, 1.807) is 0 Å². The molecule has 0 aliphatic rings. The van der Waals surface area contributed by atoms with Crippen LogP contribution in [0.25, 0.3) is 5.69 Å². The molecular weight excluding hydrogens is 305 g/mol. The van der Waals surface area contributed by atoms with Gasteiger partial charge in [0.15, 0.2) is 5.16 Å². The summed E-state index contributed by atoms with van der Waals surface area (Å²) in [6.07, 6.45) is 0.534. The van der Waals surface area contributed by atoms with Crippen molar-refractivity contribution in [2.45, 2.75) is 18.5 Å². The molecule has 8 heteroatoms. The zero-order valence-electron chi connectivity index (χ0n) is 10.5. The molecule has 0 aliphatic carbocycles. The number of rotatable bonds is 5. The van der Waals surface area contributed by atoms with Gasteiger partial charge in [-0.25, -0.2) is 4.39 Å². The Morgan fingerprint density at radius 2 is 2.25 bits per heavy atom. The lowest BCUT2D eigenvalue weighted by atomic mass is 10.3. The van der Waals surface area contributed by atoms with Crippen molar-refractivity contribution in [3.05, 3.63) is 34.9 Å². The van der Waals surface area contributed by atoms with Crippen molar-refractivity contribution in [1.29, 1.82) is 0 Å². The van der Waals surface area contributed by atoms with Gasteiger partial charge in [0.25, 0.3) is 0 Å². The summed E-state index contributed by atoms with van der Waals surface area (Å²) in [6, 6.07) is 4.16. The molecule has 2 aromatic rings. The second kappa shape index (κ2) is 6.23. The first kappa shape index (κ1) is 14.8. The summed E-state index contributed by atoms with van der Waals surface area (Å²) < 4.78 is 15.5. The maximum Gasteiger partial charge on any atom is 0.313 e. The number of hydrogen-bond donors (Lipinski definition) is 1. The van der Waals surface area contributed by atoms with E-state index in [9.17, 15) is 9.18 Å². The molecule has 20 heavy (non-hydrogen) atoms. The number of halogens is 2. The van der Waals surface area contributed by atoms with Gasteiger partial charge in [-0.3, -0.25) is 9.36 Å². The van der Waals surface area contributed by atoms with Gasteiger partial charge in [0.2, 0.25) is 0 Å². The minimum absolute atomic E-state index is 0.177. The average molecular weight is 316 g/mol. The molecule has 1 aromatic heterocycles. The molecule has 0 atom stereocenters. The summed E-state index contributed by atoms with van der Waals surface area (Å²) in [5.41, 5.74) is 0.215. The Kier molecular flexibility index (Phi) is 4.61. The first-order chi connectivity index (χ1) is 9.52. The fraction of sp³-hybridized carbons (Fsp3) is 0.250. The van der Waals surface area contributed by atoms with Crippen molar-refractivity contribution in [2.24, 2.45) is 0 Å². The fourth-order valence-corrected chi connectivity index (χ4v) is 2.50. The van der Waals surface area contributed by atoms with Crippen LogP contribution in [0.2, 0.25) is 5.02 Å². The Hall–Kier alpha value is -1.60. The molecule has 0 bridgehead atoms. The summed E-state index contributed by atoms with van der Waals surface area (Å²) in [5.74, 6) is -1.08. The van der Waals surface area contributed by atoms with Crippen molar-refractivity contribution in [2.75, 3.05) is 5.75 Å². The quantitative estimate of drug-likeness (QED) is 0.859. The van der Waals surface area contributed by atoms with Crippen molar-refractivity contribution in [3.8, 4) is 5.69 Å². The number of carbonyl (C=O) groups is 1. The summed E-state index contributed by atoms with van der Waals surface area (Å²) in [5, 5.41) is 17.3. The van der Waals surface area contributed by atoms with Crippen molar-refractivity contribution in [1.82, 2.24) is 14.8 Å². The van der Waals surface area contributed by atoms with E-state index in [0.29, 0.717) is 22.4 Å². The molecule has 0 fully saturated rings. The Morgan fingerprint density at radius 1 is 1.50 bits per heavy atom. The zero-order chi connectivity index (χ0) is 14.7.